The van der Waals surface area contributed by atoms with Crippen molar-refractivity contribution in [3.63, 3.8) is 0 Å². The Morgan fingerprint density at radius 3 is 2.45 bits per heavy atom. The van der Waals surface area contributed by atoms with Gasteiger partial charge in [-0.05, 0) is 37.5 Å². The summed E-state index contributed by atoms with van der Waals surface area (Å²) in [6.07, 6.45) is 3.77. The molecule has 1 aliphatic carbocycles. The van der Waals surface area contributed by atoms with Crippen LogP contribution in [-0.4, -0.2) is 20.7 Å². The summed E-state index contributed by atoms with van der Waals surface area (Å²) in [5, 5.41) is 7.78. The van der Waals surface area contributed by atoms with Gasteiger partial charge in [-0.15, -0.1) is 5.10 Å². The van der Waals surface area contributed by atoms with Gasteiger partial charge in [-0.25, -0.2) is 0 Å². The minimum Gasteiger partial charge on any atom is -0.292 e. The van der Waals surface area contributed by atoms with Crippen molar-refractivity contribution in [1.29, 1.82) is 0 Å². The van der Waals surface area contributed by atoms with E-state index in [-0.39, 0.29) is 5.91 Å². The molecule has 0 spiro atoms. The Morgan fingerprint density at radius 2 is 1.91 bits per heavy atom. The van der Waals surface area contributed by atoms with Gasteiger partial charge in [0.15, 0.2) is 0 Å². The van der Waals surface area contributed by atoms with Crippen LogP contribution in [0.3, 0.4) is 0 Å². The maximum Gasteiger partial charge on any atom is 0.248 e. The van der Waals surface area contributed by atoms with Crippen molar-refractivity contribution in [2.24, 2.45) is 7.05 Å². The normalized spacial score (nSPS) is 16.7. The Bertz CT molecular complexity index is 667. The Hall–Kier alpha value is -1.88. The van der Waals surface area contributed by atoms with Crippen LogP contribution >= 0.6 is 11.6 Å². The third-order valence-electron chi connectivity index (χ3n) is 4.49. The number of halogens is 1. The number of hydrogen-bond donors (Lipinski definition) is 1. The van der Waals surface area contributed by atoms with Gasteiger partial charge in [-0.3, -0.25) is 14.8 Å². The second-order valence-corrected chi connectivity index (χ2v) is 6.29. The van der Waals surface area contributed by atoms with Gasteiger partial charge in [0.2, 0.25) is 11.9 Å². The topological polar surface area (TPSA) is 59.8 Å². The fourth-order valence-electron chi connectivity index (χ4n) is 3.13. The van der Waals surface area contributed by atoms with E-state index in [1.807, 2.05) is 38.2 Å². The first-order valence-corrected chi connectivity index (χ1v) is 7.84. The molecular weight excluding hydrogens is 300 g/mol. The highest BCUT2D eigenvalue weighted by Crippen LogP contribution is 2.42. The molecule has 0 bridgehead atoms. The van der Waals surface area contributed by atoms with Crippen molar-refractivity contribution in [1.82, 2.24) is 14.8 Å². The Labute approximate surface area is 134 Å². The van der Waals surface area contributed by atoms with Crippen LogP contribution in [0.15, 0.2) is 24.3 Å². The highest BCUT2D eigenvalue weighted by molar-refractivity contribution is 6.30. The first kappa shape index (κ1) is 15.0. The molecule has 1 aromatic heterocycles. The van der Waals surface area contributed by atoms with E-state index in [0.717, 1.165) is 37.1 Å². The number of benzene rings is 1. The summed E-state index contributed by atoms with van der Waals surface area (Å²) in [7, 11) is 1.81. The van der Waals surface area contributed by atoms with E-state index < -0.39 is 5.41 Å². The van der Waals surface area contributed by atoms with Crippen LogP contribution in [-0.2, 0) is 17.3 Å². The number of amides is 1. The fourth-order valence-corrected chi connectivity index (χ4v) is 3.26. The van der Waals surface area contributed by atoms with Crippen molar-refractivity contribution in [2.75, 3.05) is 5.32 Å². The summed E-state index contributed by atoms with van der Waals surface area (Å²) < 4.78 is 1.65. The lowest BCUT2D eigenvalue weighted by molar-refractivity contribution is -0.121. The maximum absolute atomic E-state index is 12.9. The van der Waals surface area contributed by atoms with E-state index >= 15 is 0 Å². The van der Waals surface area contributed by atoms with Crippen LogP contribution in [0.25, 0.3) is 0 Å². The van der Waals surface area contributed by atoms with Crippen LogP contribution in [0.2, 0.25) is 5.02 Å². The molecule has 0 unspecified atom stereocenters. The van der Waals surface area contributed by atoms with Gasteiger partial charge in [0.1, 0.15) is 5.82 Å². The fraction of sp³-hybridized carbons (Fsp3) is 0.438. The number of aromatic nitrogens is 3. The lowest BCUT2D eigenvalue weighted by Gasteiger charge is -2.27. The second kappa shape index (κ2) is 5.72. The molecule has 1 heterocycles. The molecule has 1 aromatic carbocycles. The van der Waals surface area contributed by atoms with E-state index in [9.17, 15) is 4.79 Å². The number of carbonyl (C=O) groups excluding carboxylic acids is 1. The molecule has 0 radical (unpaired) electrons. The number of nitrogens with one attached hydrogen (secondary N) is 1. The largest absolute Gasteiger partial charge is 0.292 e. The average molecular weight is 319 g/mol. The summed E-state index contributed by atoms with van der Waals surface area (Å²) in [6, 6.07) is 7.58. The van der Waals surface area contributed by atoms with Crippen molar-refractivity contribution in [3.8, 4) is 0 Å². The first-order valence-electron chi connectivity index (χ1n) is 7.46. The second-order valence-electron chi connectivity index (χ2n) is 5.86. The summed E-state index contributed by atoms with van der Waals surface area (Å²) in [5.41, 5.74) is 0.511. The van der Waals surface area contributed by atoms with Gasteiger partial charge < -0.3 is 0 Å². The number of nitrogens with zero attached hydrogens (tertiary/aromatic N) is 3. The van der Waals surface area contributed by atoms with E-state index in [2.05, 4.69) is 15.4 Å². The van der Waals surface area contributed by atoms with Crippen molar-refractivity contribution in [2.45, 2.75) is 38.0 Å². The number of rotatable bonds is 3. The third kappa shape index (κ3) is 2.61. The lowest BCUT2D eigenvalue weighted by atomic mass is 9.78. The van der Waals surface area contributed by atoms with Gasteiger partial charge in [-0.2, -0.15) is 4.98 Å². The highest BCUT2D eigenvalue weighted by atomic mass is 35.5. The molecule has 0 atom stereocenters. The first-order chi connectivity index (χ1) is 10.5. The minimum atomic E-state index is -0.502. The minimum absolute atomic E-state index is 0.0297. The zero-order chi connectivity index (χ0) is 15.7. The molecule has 116 valence electrons. The summed E-state index contributed by atoms with van der Waals surface area (Å²) in [6.45, 7) is 1.85. The van der Waals surface area contributed by atoms with Crippen molar-refractivity contribution < 1.29 is 4.79 Å². The number of aryl methyl sites for hydroxylation is 2. The molecule has 0 aliphatic heterocycles. The van der Waals surface area contributed by atoms with E-state index in [0.29, 0.717) is 11.0 Å². The van der Waals surface area contributed by atoms with E-state index in [4.69, 9.17) is 11.6 Å². The molecule has 1 N–H and O–H groups in total. The molecule has 0 saturated heterocycles. The molecule has 6 heteroatoms. The molecule has 3 rings (SSSR count). The molecule has 22 heavy (non-hydrogen) atoms. The average Bonchev–Trinajstić information content (AvgIpc) is 3.08. The van der Waals surface area contributed by atoms with Gasteiger partial charge in [-0.1, -0.05) is 36.6 Å². The zero-order valence-electron chi connectivity index (χ0n) is 12.8. The van der Waals surface area contributed by atoms with Crippen LogP contribution in [0.4, 0.5) is 5.95 Å². The quantitative estimate of drug-likeness (QED) is 0.945. The molecule has 1 saturated carbocycles. The lowest BCUT2D eigenvalue weighted by Crippen LogP contribution is -2.38. The number of carbonyl (C=O) groups is 1. The van der Waals surface area contributed by atoms with Gasteiger partial charge in [0.25, 0.3) is 0 Å². The van der Waals surface area contributed by atoms with Crippen molar-refractivity contribution >= 4 is 23.5 Å². The molecule has 1 aliphatic rings. The molecule has 1 amide bonds. The Balaban J connectivity index is 1.90. The predicted molar refractivity (Wildman–Crippen MR) is 86.0 cm³/mol. The van der Waals surface area contributed by atoms with E-state index in [1.54, 1.807) is 4.68 Å². The monoisotopic (exact) mass is 318 g/mol. The summed E-state index contributed by atoms with van der Waals surface area (Å²) in [4.78, 5) is 17.2. The standard InChI is InChI=1S/C16H19ClN4O/c1-11-18-15(20-21(11)2)19-14(22)16(9-3-4-10-16)12-5-7-13(17)8-6-12/h5-8H,3-4,9-10H2,1-2H3,(H,19,20,22). The third-order valence-corrected chi connectivity index (χ3v) is 4.75. The maximum atomic E-state index is 12.9. The van der Waals surface area contributed by atoms with Crippen LogP contribution in [0.5, 0.6) is 0 Å². The SMILES string of the molecule is Cc1nc(NC(=O)C2(c3ccc(Cl)cc3)CCCC2)nn1C. The highest BCUT2D eigenvalue weighted by Gasteiger charge is 2.43. The van der Waals surface area contributed by atoms with Crippen LogP contribution < -0.4 is 5.32 Å². The van der Waals surface area contributed by atoms with Crippen LogP contribution in [0.1, 0.15) is 37.1 Å². The smallest absolute Gasteiger partial charge is 0.248 e. The van der Waals surface area contributed by atoms with Crippen molar-refractivity contribution in [3.05, 3.63) is 40.7 Å². The Kier molecular flexibility index (Phi) is 3.91. The van der Waals surface area contributed by atoms with Crippen LogP contribution in [0, 0.1) is 6.92 Å². The number of anilines is 1. The van der Waals surface area contributed by atoms with Gasteiger partial charge in [0.05, 0.1) is 5.41 Å². The van der Waals surface area contributed by atoms with Gasteiger partial charge in [0, 0.05) is 12.1 Å². The van der Waals surface area contributed by atoms with Gasteiger partial charge >= 0.3 is 0 Å². The molecule has 5 nitrogen and oxygen atoms in total. The number of hydrogen-bond acceptors (Lipinski definition) is 3. The molecular formula is C16H19ClN4O. The molecule has 1 fully saturated rings. The predicted octanol–water partition coefficient (Wildman–Crippen LogP) is 3.23. The summed E-state index contributed by atoms with van der Waals surface area (Å²) in [5.74, 6) is 1.10. The zero-order valence-corrected chi connectivity index (χ0v) is 13.5. The summed E-state index contributed by atoms with van der Waals surface area (Å²) >= 11 is 5.97. The molecule has 2 aromatic rings. The van der Waals surface area contributed by atoms with E-state index in [1.165, 1.54) is 0 Å². The Morgan fingerprint density at radius 1 is 1.27 bits per heavy atom.